The SMILES string of the molecule is Cc1cc(F)ccc1C=C(CBr)C1CCCCC1. The Bertz CT molecular complexity index is 431. The number of hydrogen-bond donors (Lipinski definition) is 0. The van der Waals surface area contributed by atoms with Crippen LogP contribution in [0.25, 0.3) is 6.08 Å². The lowest BCUT2D eigenvalue weighted by molar-refractivity contribution is 0.405. The van der Waals surface area contributed by atoms with Crippen LogP contribution in [-0.4, -0.2) is 5.33 Å². The van der Waals surface area contributed by atoms with E-state index in [1.54, 1.807) is 12.1 Å². The van der Waals surface area contributed by atoms with Gasteiger partial charge in [0.25, 0.3) is 0 Å². The highest BCUT2D eigenvalue weighted by atomic mass is 79.9. The maximum absolute atomic E-state index is 13.1. The fourth-order valence-electron chi connectivity index (χ4n) is 2.74. The molecule has 1 aromatic carbocycles. The van der Waals surface area contributed by atoms with Crippen LogP contribution >= 0.6 is 15.9 Å². The number of aryl methyl sites for hydroxylation is 1. The maximum atomic E-state index is 13.1. The molecule has 0 spiro atoms. The molecule has 0 aromatic heterocycles. The zero-order valence-corrected chi connectivity index (χ0v) is 12.5. The van der Waals surface area contributed by atoms with E-state index in [0.717, 1.165) is 16.5 Å². The molecule has 2 rings (SSSR count). The molecule has 0 bridgehead atoms. The Hall–Kier alpha value is -0.630. The van der Waals surface area contributed by atoms with E-state index in [9.17, 15) is 4.39 Å². The highest BCUT2D eigenvalue weighted by Crippen LogP contribution is 2.32. The number of allylic oxidation sites excluding steroid dienone is 1. The lowest BCUT2D eigenvalue weighted by atomic mass is 9.83. The minimum absolute atomic E-state index is 0.150. The van der Waals surface area contributed by atoms with Crippen molar-refractivity contribution >= 4 is 22.0 Å². The van der Waals surface area contributed by atoms with Gasteiger partial charge in [0.1, 0.15) is 5.82 Å². The van der Waals surface area contributed by atoms with E-state index in [1.807, 2.05) is 13.0 Å². The zero-order chi connectivity index (χ0) is 13.0. The first-order valence-corrected chi connectivity index (χ1v) is 7.85. The summed E-state index contributed by atoms with van der Waals surface area (Å²) >= 11 is 3.61. The van der Waals surface area contributed by atoms with Gasteiger partial charge >= 0.3 is 0 Å². The third kappa shape index (κ3) is 3.44. The Labute approximate surface area is 117 Å². The van der Waals surface area contributed by atoms with Crippen molar-refractivity contribution in [3.63, 3.8) is 0 Å². The average molecular weight is 311 g/mol. The standard InChI is InChI=1S/C16H20BrF/c1-12-9-16(18)8-7-14(12)10-15(11-17)13-5-3-2-4-6-13/h7-10,13H,2-6,11H2,1H3. The predicted octanol–water partition coefficient (Wildman–Crippen LogP) is 5.49. The molecule has 1 aromatic rings. The van der Waals surface area contributed by atoms with Crippen molar-refractivity contribution in [1.29, 1.82) is 0 Å². The van der Waals surface area contributed by atoms with Crippen LogP contribution in [-0.2, 0) is 0 Å². The molecule has 0 atom stereocenters. The number of alkyl halides is 1. The van der Waals surface area contributed by atoms with Crippen LogP contribution in [0.2, 0.25) is 0 Å². The fourth-order valence-corrected chi connectivity index (χ4v) is 3.36. The van der Waals surface area contributed by atoms with Gasteiger partial charge in [-0.25, -0.2) is 4.39 Å². The van der Waals surface area contributed by atoms with Gasteiger partial charge in [0, 0.05) is 5.33 Å². The summed E-state index contributed by atoms with van der Waals surface area (Å²) in [4.78, 5) is 0. The van der Waals surface area contributed by atoms with E-state index in [0.29, 0.717) is 5.92 Å². The van der Waals surface area contributed by atoms with Gasteiger partial charge in [-0.3, -0.25) is 0 Å². The topological polar surface area (TPSA) is 0 Å². The van der Waals surface area contributed by atoms with Crippen LogP contribution < -0.4 is 0 Å². The monoisotopic (exact) mass is 310 g/mol. The first kappa shape index (κ1) is 13.8. The number of halogens is 2. The smallest absolute Gasteiger partial charge is 0.123 e. The molecule has 0 aliphatic heterocycles. The molecule has 1 aliphatic rings. The molecule has 98 valence electrons. The molecule has 18 heavy (non-hydrogen) atoms. The maximum Gasteiger partial charge on any atom is 0.123 e. The molecule has 1 fully saturated rings. The molecular formula is C16H20BrF. The van der Waals surface area contributed by atoms with Gasteiger partial charge in [0.2, 0.25) is 0 Å². The summed E-state index contributed by atoms with van der Waals surface area (Å²) in [6, 6.07) is 5.04. The minimum atomic E-state index is -0.150. The number of rotatable bonds is 3. The van der Waals surface area contributed by atoms with E-state index in [2.05, 4.69) is 22.0 Å². The number of benzene rings is 1. The molecule has 0 saturated heterocycles. The fraction of sp³-hybridized carbons (Fsp3) is 0.500. The minimum Gasteiger partial charge on any atom is -0.207 e. The van der Waals surface area contributed by atoms with Crippen molar-refractivity contribution < 1.29 is 4.39 Å². The van der Waals surface area contributed by atoms with Gasteiger partial charge in [-0.15, -0.1) is 0 Å². The quantitative estimate of drug-likeness (QED) is 0.647. The molecule has 0 N–H and O–H groups in total. The molecule has 0 nitrogen and oxygen atoms in total. The van der Waals surface area contributed by atoms with Crippen LogP contribution in [0, 0.1) is 18.7 Å². The van der Waals surface area contributed by atoms with Gasteiger partial charge in [-0.2, -0.15) is 0 Å². The van der Waals surface area contributed by atoms with Crippen LogP contribution in [0.1, 0.15) is 43.2 Å². The summed E-state index contributed by atoms with van der Waals surface area (Å²) in [7, 11) is 0. The lowest BCUT2D eigenvalue weighted by Crippen LogP contribution is -2.10. The normalized spacial score (nSPS) is 18.1. The van der Waals surface area contributed by atoms with Gasteiger partial charge < -0.3 is 0 Å². The Kier molecular flexibility index (Phi) is 4.99. The van der Waals surface area contributed by atoms with Gasteiger partial charge in [-0.1, -0.05) is 52.9 Å². The highest BCUT2D eigenvalue weighted by Gasteiger charge is 2.17. The van der Waals surface area contributed by atoms with Crippen molar-refractivity contribution in [3.8, 4) is 0 Å². The Morgan fingerprint density at radius 2 is 2.06 bits per heavy atom. The summed E-state index contributed by atoms with van der Waals surface area (Å²) < 4.78 is 13.1. The zero-order valence-electron chi connectivity index (χ0n) is 10.9. The molecule has 0 heterocycles. The van der Waals surface area contributed by atoms with E-state index in [-0.39, 0.29) is 5.82 Å². The van der Waals surface area contributed by atoms with E-state index in [4.69, 9.17) is 0 Å². The summed E-state index contributed by atoms with van der Waals surface area (Å²) in [5, 5.41) is 0.925. The van der Waals surface area contributed by atoms with Crippen molar-refractivity contribution in [2.24, 2.45) is 5.92 Å². The molecule has 1 aliphatic carbocycles. The van der Waals surface area contributed by atoms with Crippen LogP contribution in [0.15, 0.2) is 23.8 Å². The molecule has 0 unspecified atom stereocenters. The molecular weight excluding hydrogens is 291 g/mol. The van der Waals surface area contributed by atoms with Crippen LogP contribution in [0.3, 0.4) is 0 Å². The highest BCUT2D eigenvalue weighted by molar-refractivity contribution is 9.09. The average Bonchev–Trinajstić information content (AvgIpc) is 2.39. The molecule has 0 radical (unpaired) electrons. The Balaban J connectivity index is 2.22. The Morgan fingerprint density at radius 1 is 1.33 bits per heavy atom. The van der Waals surface area contributed by atoms with Gasteiger partial charge in [0.15, 0.2) is 0 Å². The summed E-state index contributed by atoms with van der Waals surface area (Å²) in [5.41, 5.74) is 3.63. The van der Waals surface area contributed by atoms with E-state index >= 15 is 0 Å². The third-order valence-corrected chi connectivity index (χ3v) is 4.50. The largest absolute Gasteiger partial charge is 0.207 e. The first-order chi connectivity index (χ1) is 8.70. The third-order valence-electron chi connectivity index (χ3n) is 3.86. The van der Waals surface area contributed by atoms with Crippen LogP contribution in [0.5, 0.6) is 0 Å². The van der Waals surface area contributed by atoms with Crippen molar-refractivity contribution in [2.45, 2.75) is 39.0 Å². The lowest BCUT2D eigenvalue weighted by Gasteiger charge is -2.23. The van der Waals surface area contributed by atoms with Crippen molar-refractivity contribution in [3.05, 3.63) is 40.7 Å². The second-order valence-electron chi connectivity index (χ2n) is 5.19. The summed E-state index contributed by atoms with van der Waals surface area (Å²) in [6.07, 6.45) is 8.92. The van der Waals surface area contributed by atoms with Crippen molar-refractivity contribution in [2.75, 3.05) is 5.33 Å². The van der Waals surface area contributed by atoms with Gasteiger partial charge in [0.05, 0.1) is 0 Å². The summed E-state index contributed by atoms with van der Waals surface area (Å²) in [6.45, 7) is 1.97. The predicted molar refractivity (Wildman–Crippen MR) is 79.5 cm³/mol. The Morgan fingerprint density at radius 3 is 2.67 bits per heavy atom. The van der Waals surface area contributed by atoms with Crippen molar-refractivity contribution in [1.82, 2.24) is 0 Å². The van der Waals surface area contributed by atoms with Gasteiger partial charge in [-0.05, 0) is 48.9 Å². The molecule has 0 amide bonds. The second-order valence-corrected chi connectivity index (χ2v) is 5.75. The van der Waals surface area contributed by atoms with Crippen LogP contribution in [0.4, 0.5) is 4.39 Å². The molecule has 1 saturated carbocycles. The first-order valence-electron chi connectivity index (χ1n) is 6.73. The second kappa shape index (κ2) is 6.51. The van der Waals surface area contributed by atoms with E-state index < -0.39 is 0 Å². The molecule has 2 heteroatoms. The van der Waals surface area contributed by atoms with E-state index in [1.165, 1.54) is 37.7 Å². The summed E-state index contributed by atoms with van der Waals surface area (Å²) in [5.74, 6) is 0.560. The number of hydrogen-bond acceptors (Lipinski definition) is 0.